The third-order valence-corrected chi connectivity index (χ3v) is 5.42. The number of thioether (sulfide) groups is 1. The van der Waals surface area contributed by atoms with Gasteiger partial charge in [0, 0.05) is 23.4 Å². The van der Waals surface area contributed by atoms with Gasteiger partial charge in [-0.2, -0.15) is 0 Å². The molecule has 0 radical (unpaired) electrons. The fourth-order valence-electron chi connectivity index (χ4n) is 2.81. The van der Waals surface area contributed by atoms with Crippen molar-refractivity contribution < 1.29 is 0 Å². The molecule has 0 aliphatic carbocycles. The summed E-state index contributed by atoms with van der Waals surface area (Å²) in [6, 6.07) is 20.8. The van der Waals surface area contributed by atoms with Gasteiger partial charge >= 0.3 is 0 Å². The van der Waals surface area contributed by atoms with Crippen molar-refractivity contribution in [2.24, 2.45) is 0 Å². The number of imidazole rings is 1. The smallest absolute Gasteiger partial charge is 0.169 e. The number of aromatic nitrogens is 2. The number of hydrogen-bond donors (Lipinski definition) is 0. The molecule has 110 valence electrons. The Kier molecular flexibility index (Phi) is 3.68. The maximum Gasteiger partial charge on any atom is 0.169 e. The number of nitrogens with zero attached hydrogens (tertiary/aromatic N) is 2. The number of hydrogen-bond acceptors (Lipinski definition) is 2. The van der Waals surface area contributed by atoms with Crippen LogP contribution in [0.25, 0.3) is 22.5 Å². The summed E-state index contributed by atoms with van der Waals surface area (Å²) in [5, 5.41) is 1.22. The van der Waals surface area contributed by atoms with Crippen molar-refractivity contribution in [2.45, 2.75) is 17.1 Å². The van der Waals surface area contributed by atoms with Gasteiger partial charge in [-0.25, -0.2) is 4.98 Å². The molecule has 0 amide bonds. The Bertz CT molecular complexity index is 784. The second kappa shape index (κ2) is 5.82. The van der Waals surface area contributed by atoms with Gasteiger partial charge in [0.15, 0.2) is 5.16 Å². The van der Waals surface area contributed by atoms with Gasteiger partial charge in [-0.05, 0) is 0 Å². The van der Waals surface area contributed by atoms with Crippen LogP contribution >= 0.6 is 23.4 Å². The lowest BCUT2D eigenvalue weighted by molar-refractivity contribution is 0.618. The molecule has 0 spiro atoms. The molecule has 1 atom stereocenters. The van der Waals surface area contributed by atoms with E-state index >= 15 is 0 Å². The first kappa shape index (κ1) is 13.9. The summed E-state index contributed by atoms with van der Waals surface area (Å²) >= 11 is 8.13. The second-order valence-electron chi connectivity index (χ2n) is 5.34. The van der Waals surface area contributed by atoms with Crippen LogP contribution in [0.2, 0.25) is 0 Å². The Morgan fingerprint density at radius 1 is 0.955 bits per heavy atom. The van der Waals surface area contributed by atoms with Crippen LogP contribution in [0.1, 0.15) is 0 Å². The van der Waals surface area contributed by atoms with E-state index in [0.717, 1.165) is 28.7 Å². The van der Waals surface area contributed by atoms with Crippen molar-refractivity contribution in [3.8, 4) is 22.5 Å². The standard InChI is InChI=1S/C18H15ClN2S/c19-15-11-21-17(14-9-5-2-6-10-14)16(20-18(21)22-12-15)13-7-3-1-4-8-13/h1-10,15H,11-12H2/t15-/m1/s1. The molecule has 0 fully saturated rings. The van der Waals surface area contributed by atoms with E-state index in [1.807, 2.05) is 12.1 Å². The molecule has 1 aliphatic heterocycles. The average Bonchev–Trinajstić information content (AvgIpc) is 2.95. The van der Waals surface area contributed by atoms with Crippen molar-refractivity contribution in [1.82, 2.24) is 9.55 Å². The zero-order valence-electron chi connectivity index (χ0n) is 11.9. The molecule has 2 heterocycles. The van der Waals surface area contributed by atoms with Crippen LogP contribution in [0, 0.1) is 0 Å². The van der Waals surface area contributed by atoms with Gasteiger partial charge in [-0.15, -0.1) is 11.6 Å². The number of fused-ring (bicyclic) bond motifs is 1. The topological polar surface area (TPSA) is 17.8 Å². The van der Waals surface area contributed by atoms with Gasteiger partial charge in [0.2, 0.25) is 0 Å². The van der Waals surface area contributed by atoms with E-state index in [-0.39, 0.29) is 5.38 Å². The Morgan fingerprint density at radius 2 is 1.59 bits per heavy atom. The molecular weight excluding hydrogens is 312 g/mol. The Balaban J connectivity index is 1.95. The maximum atomic E-state index is 6.39. The monoisotopic (exact) mass is 326 g/mol. The van der Waals surface area contributed by atoms with E-state index in [4.69, 9.17) is 16.6 Å². The van der Waals surface area contributed by atoms with Crippen LogP contribution in [0.3, 0.4) is 0 Å². The summed E-state index contributed by atoms with van der Waals surface area (Å²) in [6.07, 6.45) is 0. The van der Waals surface area contributed by atoms with Gasteiger partial charge < -0.3 is 4.57 Å². The molecule has 1 aromatic heterocycles. The van der Waals surface area contributed by atoms with E-state index in [2.05, 4.69) is 53.1 Å². The van der Waals surface area contributed by atoms with Crippen LogP contribution < -0.4 is 0 Å². The lowest BCUT2D eigenvalue weighted by atomic mass is 10.0. The number of halogens is 1. The van der Waals surface area contributed by atoms with Crippen LogP contribution in [0.15, 0.2) is 65.8 Å². The molecule has 0 unspecified atom stereocenters. The highest BCUT2D eigenvalue weighted by Gasteiger charge is 2.25. The van der Waals surface area contributed by atoms with Crippen LogP contribution in [-0.4, -0.2) is 20.7 Å². The zero-order chi connectivity index (χ0) is 14.9. The summed E-state index contributed by atoms with van der Waals surface area (Å²) in [5.74, 6) is 0.918. The molecule has 3 aromatic rings. The lowest BCUT2D eigenvalue weighted by Gasteiger charge is -2.20. The van der Waals surface area contributed by atoms with Crippen LogP contribution in [-0.2, 0) is 6.54 Å². The van der Waals surface area contributed by atoms with E-state index in [0.29, 0.717) is 0 Å². The fourth-order valence-corrected chi connectivity index (χ4v) is 4.05. The highest BCUT2D eigenvalue weighted by atomic mass is 35.5. The molecule has 0 bridgehead atoms. The van der Waals surface area contributed by atoms with Crippen molar-refractivity contribution in [2.75, 3.05) is 5.75 Å². The minimum atomic E-state index is 0.151. The fraction of sp³-hybridized carbons (Fsp3) is 0.167. The summed E-state index contributed by atoms with van der Waals surface area (Å²) in [5.41, 5.74) is 4.54. The third kappa shape index (κ3) is 2.44. The first-order valence-electron chi connectivity index (χ1n) is 7.31. The van der Waals surface area contributed by atoms with E-state index < -0.39 is 0 Å². The molecule has 4 heteroatoms. The van der Waals surface area contributed by atoms with E-state index in [1.54, 1.807) is 11.8 Å². The SMILES string of the molecule is Cl[C@H]1CSc2nc(-c3ccccc3)c(-c3ccccc3)n2C1. The van der Waals surface area contributed by atoms with Crippen molar-refractivity contribution in [3.05, 3.63) is 60.7 Å². The van der Waals surface area contributed by atoms with Crippen LogP contribution in [0.5, 0.6) is 0 Å². The first-order chi connectivity index (χ1) is 10.8. The van der Waals surface area contributed by atoms with Gasteiger partial charge in [-0.1, -0.05) is 72.4 Å². The highest BCUT2D eigenvalue weighted by Crippen LogP contribution is 2.38. The molecule has 2 aromatic carbocycles. The Hall–Kier alpha value is -1.71. The Labute approximate surface area is 139 Å². The second-order valence-corrected chi connectivity index (χ2v) is 6.95. The van der Waals surface area contributed by atoms with Gasteiger partial charge in [-0.3, -0.25) is 0 Å². The quantitative estimate of drug-likeness (QED) is 0.621. The highest BCUT2D eigenvalue weighted by molar-refractivity contribution is 7.99. The third-order valence-electron chi connectivity index (χ3n) is 3.80. The van der Waals surface area contributed by atoms with E-state index in [1.165, 1.54) is 11.3 Å². The molecule has 0 saturated carbocycles. The normalized spacial score (nSPS) is 17.2. The average molecular weight is 327 g/mol. The molecular formula is C18H15ClN2S. The molecule has 0 N–H and O–H groups in total. The van der Waals surface area contributed by atoms with Gasteiger partial charge in [0.1, 0.15) is 0 Å². The minimum absolute atomic E-state index is 0.151. The predicted octanol–water partition coefficient (Wildman–Crippen LogP) is 4.93. The number of alkyl halides is 1. The summed E-state index contributed by atoms with van der Waals surface area (Å²) in [6.45, 7) is 0.813. The summed E-state index contributed by atoms with van der Waals surface area (Å²) < 4.78 is 2.27. The zero-order valence-corrected chi connectivity index (χ0v) is 13.5. The van der Waals surface area contributed by atoms with Crippen molar-refractivity contribution in [1.29, 1.82) is 0 Å². The number of benzene rings is 2. The van der Waals surface area contributed by atoms with Crippen molar-refractivity contribution in [3.63, 3.8) is 0 Å². The minimum Gasteiger partial charge on any atom is -0.317 e. The van der Waals surface area contributed by atoms with Crippen LogP contribution in [0.4, 0.5) is 0 Å². The van der Waals surface area contributed by atoms with Gasteiger partial charge in [0.25, 0.3) is 0 Å². The van der Waals surface area contributed by atoms with E-state index in [9.17, 15) is 0 Å². The largest absolute Gasteiger partial charge is 0.317 e. The molecule has 2 nitrogen and oxygen atoms in total. The van der Waals surface area contributed by atoms with Crippen molar-refractivity contribution >= 4 is 23.4 Å². The molecule has 4 rings (SSSR count). The number of rotatable bonds is 2. The molecule has 1 aliphatic rings. The first-order valence-corrected chi connectivity index (χ1v) is 8.73. The lowest BCUT2D eigenvalue weighted by Crippen LogP contribution is -2.19. The van der Waals surface area contributed by atoms with Gasteiger partial charge in [0.05, 0.1) is 16.8 Å². The predicted molar refractivity (Wildman–Crippen MR) is 93.5 cm³/mol. The summed E-state index contributed by atoms with van der Waals surface area (Å²) in [7, 11) is 0. The molecule has 0 saturated heterocycles. The summed E-state index contributed by atoms with van der Waals surface area (Å²) in [4.78, 5) is 4.90. The Morgan fingerprint density at radius 3 is 2.27 bits per heavy atom. The molecule has 22 heavy (non-hydrogen) atoms. The maximum absolute atomic E-state index is 6.39.